The summed E-state index contributed by atoms with van der Waals surface area (Å²) in [4.78, 5) is 0. The van der Waals surface area contributed by atoms with Crippen molar-refractivity contribution in [3.63, 3.8) is 0 Å². The first kappa shape index (κ1) is 16.2. The van der Waals surface area contributed by atoms with Crippen LogP contribution in [0.3, 0.4) is 0 Å². The van der Waals surface area contributed by atoms with Gasteiger partial charge in [0.15, 0.2) is 0 Å². The van der Waals surface area contributed by atoms with Crippen LogP contribution < -0.4 is 5.32 Å². The van der Waals surface area contributed by atoms with Gasteiger partial charge in [-0.1, -0.05) is 25.1 Å². The zero-order chi connectivity index (χ0) is 14.1. The maximum absolute atomic E-state index is 5.45. The van der Waals surface area contributed by atoms with Gasteiger partial charge in [0.25, 0.3) is 0 Å². The predicted octanol–water partition coefficient (Wildman–Crippen LogP) is 4.16. The van der Waals surface area contributed by atoms with Crippen LogP contribution >= 0.6 is 0 Å². The molecule has 1 aromatic carbocycles. The molecular weight excluding hydrogens is 234 g/mol. The molecule has 2 heteroatoms. The van der Waals surface area contributed by atoms with E-state index in [4.69, 9.17) is 4.74 Å². The normalized spacial score (nSPS) is 12.6. The number of ether oxygens (including phenoxy) is 1. The van der Waals surface area contributed by atoms with Gasteiger partial charge in [-0.2, -0.15) is 0 Å². The van der Waals surface area contributed by atoms with Crippen LogP contribution in [0.25, 0.3) is 0 Å². The summed E-state index contributed by atoms with van der Waals surface area (Å²) in [5.74, 6) is 0. The van der Waals surface area contributed by atoms with E-state index in [2.05, 4.69) is 51.2 Å². The van der Waals surface area contributed by atoms with Crippen LogP contribution in [0.15, 0.2) is 18.2 Å². The van der Waals surface area contributed by atoms with Gasteiger partial charge in [0.1, 0.15) is 0 Å². The Hall–Kier alpha value is -0.860. The second kappa shape index (κ2) is 9.11. The van der Waals surface area contributed by atoms with Crippen molar-refractivity contribution in [2.45, 2.75) is 53.0 Å². The average Bonchev–Trinajstić information content (AvgIpc) is 2.42. The number of hydrogen-bond donors (Lipinski definition) is 1. The van der Waals surface area contributed by atoms with Gasteiger partial charge < -0.3 is 10.1 Å². The molecule has 0 heterocycles. The molecule has 0 aromatic heterocycles. The van der Waals surface area contributed by atoms with E-state index in [0.29, 0.717) is 6.04 Å². The van der Waals surface area contributed by atoms with Crippen molar-refractivity contribution in [1.29, 1.82) is 0 Å². The molecule has 0 amide bonds. The highest BCUT2D eigenvalue weighted by atomic mass is 16.5. The molecule has 0 fully saturated rings. The van der Waals surface area contributed by atoms with Crippen LogP contribution in [0.5, 0.6) is 0 Å². The smallest absolute Gasteiger partial charge is 0.0466 e. The van der Waals surface area contributed by atoms with Crippen molar-refractivity contribution >= 4 is 0 Å². The fraction of sp³-hybridized carbons (Fsp3) is 0.647. The van der Waals surface area contributed by atoms with E-state index in [-0.39, 0.29) is 0 Å². The largest absolute Gasteiger partial charge is 0.382 e. The molecule has 1 unspecified atom stereocenters. The maximum Gasteiger partial charge on any atom is 0.0466 e. The Bertz CT molecular complexity index is 362. The van der Waals surface area contributed by atoms with Crippen molar-refractivity contribution in [2.75, 3.05) is 19.8 Å². The third-order valence-electron chi connectivity index (χ3n) is 3.65. The van der Waals surface area contributed by atoms with Crippen LogP contribution in [0, 0.1) is 13.8 Å². The molecule has 1 rings (SSSR count). The molecular formula is C17H29NO. The van der Waals surface area contributed by atoms with Crippen LogP contribution in [-0.4, -0.2) is 19.8 Å². The van der Waals surface area contributed by atoms with E-state index in [1.165, 1.54) is 23.1 Å². The summed E-state index contributed by atoms with van der Waals surface area (Å²) in [5.41, 5.74) is 4.25. The minimum absolute atomic E-state index is 0.459. The Morgan fingerprint density at radius 3 is 2.68 bits per heavy atom. The van der Waals surface area contributed by atoms with Gasteiger partial charge in [-0.25, -0.2) is 0 Å². The number of rotatable bonds is 9. The van der Waals surface area contributed by atoms with Crippen LogP contribution in [0.4, 0.5) is 0 Å². The Kier molecular flexibility index (Phi) is 7.76. The minimum Gasteiger partial charge on any atom is -0.382 e. The van der Waals surface area contributed by atoms with Gasteiger partial charge in [0, 0.05) is 19.3 Å². The zero-order valence-electron chi connectivity index (χ0n) is 13.0. The van der Waals surface area contributed by atoms with Crippen molar-refractivity contribution in [3.8, 4) is 0 Å². The molecule has 0 radical (unpaired) electrons. The lowest BCUT2D eigenvalue weighted by molar-refractivity contribution is 0.141. The maximum atomic E-state index is 5.45. The Balaban J connectivity index is 2.69. The van der Waals surface area contributed by atoms with Crippen molar-refractivity contribution in [2.24, 2.45) is 0 Å². The highest BCUT2D eigenvalue weighted by Gasteiger charge is 2.13. The zero-order valence-corrected chi connectivity index (χ0v) is 13.0. The topological polar surface area (TPSA) is 21.3 Å². The molecule has 1 atom stereocenters. The van der Waals surface area contributed by atoms with Crippen molar-refractivity contribution in [1.82, 2.24) is 5.32 Å². The third-order valence-corrected chi connectivity index (χ3v) is 3.65. The van der Waals surface area contributed by atoms with Crippen LogP contribution in [0.1, 0.15) is 55.8 Å². The summed E-state index contributed by atoms with van der Waals surface area (Å²) in [6, 6.07) is 7.08. The summed E-state index contributed by atoms with van der Waals surface area (Å²) in [6.45, 7) is 11.4. The number of benzene rings is 1. The minimum atomic E-state index is 0.459. The number of nitrogens with one attached hydrogen (secondary N) is 1. The SMILES string of the molecule is CCCNC(CCCOCC)c1cccc(C)c1C. The van der Waals surface area contributed by atoms with Crippen molar-refractivity contribution < 1.29 is 4.74 Å². The molecule has 2 nitrogen and oxygen atoms in total. The van der Waals surface area contributed by atoms with Gasteiger partial charge in [0.2, 0.25) is 0 Å². The second-order valence-corrected chi connectivity index (χ2v) is 5.13. The Labute approximate surface area is 118 Å². The van der Waals surface area contributed by atoms with Gasteiger partial charge in [-0.15, -0.1) is 0 Å². The van der Waals surface area contributed by atoms with E-state index in [1.54, 1.807) is 0 Å². The summed E-state index contributed by atoms with van der Waals surface area (Å²) >= 11 is 0. The molecule has 0 aliphatic carbocycles. The highest BCUT2D eigenvalue weighted by molar-refractivity contribution is 5.35. The molecule has 0 bridgehead atoms. The quantitative estimate of drug-likeness (QED) is 0.675. The lowest BCUT2D eigenvalue weighted by Gasteiger charge is -2.22. The van der Waals surface area contributed by atoms with E-state index >= 15 is 0 Å². The predicted molar refractivity (Wildman–Crippen MR) is 82.7 cm³/mol. The first-order valence-electron chi connectivity index (χ1n) is 7.57. The first-order chi connectivity index (χ1) is 9.20. The summed E-state index contributed by atoms with van der Waals surface area (Å²) in [7, 11) is 0. The Morgan fingerprint density at radius 2 is 2.00 bits per heavy atom. The third kappa shape index (κ3) is 5.33. The van der Waals surface area contributed by atoms with Crippen LogP contribution in [0.2, 0.25) is 0 Å². The van der Waals surface area contributed by atoms with E-state index in [1.807, 2.05) is 0 Å². The second-order valence-electron chi connectivity index (χ2n) is 5.13. The fourth-order valence-electron chi connectivity index (χ4n) is 2.37. The molecule has 19 heavy (non-hydrogen) atoms. The van der Waals surface area contributed by atoms with Gasteiger partial charge >= 0.3 is 0 Å². The molecule has 0 aliphatic rings. The summed E-state index contributed by atoms with van der Waals surface area (Å²) in [6.07, 6.45) is 3.43. The molecule has 0 spiro atoms. The monoisotopic (exact) mass is 263 g/mol. The summed E-state index contributed by atoms with van der Waals surface area (Å²) in [5, 5.41) is 3.68. The molecule has 0 saturated carbocycles. The lowest BCUT2D eigenvalue weighted by atomic mass is 9.94. The van der Waals surface area contributed by atoms with Crippen molar-refractivity contribution in [3.05, 3.63) is 34.9 Å². The average molecular weight is 263 g/mol. The summed E-state index contributed by atoms with van der Waals surface area (Å²) < 4.78 is 5.45. The van der Waals surface area contributed by atoms with Gasteiger partial charge in [-0.3, -0.25) is 0 Å². The number of hydrogen-bond acceptors (Lipinski definition) is 2. The van der Waals surface area contributed by atoms with E-state index < -0.39 is 0 Å². The molecule has 1 aromatic rings. The first-order valence-corrected chi connectivity index (χ1v) is 7.57. The Morgan fingerprint density at radius 1 is 1.21 bits per heavy atom. The molecule has 1 N–H and O–H groups in total. The standard InChI is InChI=1S/C17H29NO/c1-5-12-18-17(11-8-13-19-6-2)16-10-7-9-14(3)15(16)4/h7,9-10,17-18H,5-6,8,11-13H2,1-4H3. The number of aryl methyl sites for hydroxylation is 1. The lowest BCUT2D eigenvalue weighted by Crippen LogP contribution is -2.23. The van der Waals surface area contributed by atoms with E-state index in [9.17, 15) is 0 Å². The molecule has 108 valence electrons. The highest BCUT2D eigenvalue weighted by Crippen LogP contribution is 2.24. The fourth-order valence-corrected chi connectivity index (χ4v) is 2.37. The van der Waals surface area contributed by atoms with Gasteiger partial charge in [-0.05, 0) is 63.3 Å². The molecule has 0 aliphatic heterocycles. The van der Waals surface area contributed by atoms with E-state index in [0.717, 1.165) is 32.6 Å². The molecule has 0 saturated heterocycles. The van der Waals surface area contributed by atoms with Crippen LogP contribution in [-0.2, 0) is 4.74 Å². The van der Waals surface area contributed by atoms with Gasteiger partial charge in [0.05, 0.1) is 0 Å².